The lowest BCUT2D eigenvalue weighted by Crippen LogP contribution is -2.20. The van der Waals surface area contributed by atoms with Gasteiger partial charge in [-0.25, -0.2) is 5.43 Å². The number of benzene rings is 1. The summed E-state index contributed by atoms with van der Waals surface area (Å²) in [6.07, 6.45) is 6.11. The van der Waals surface area contributed by atoms with Crippen molar-refractivity contribution in [2.24, 2.45) is 22.9 Å². The Kier molecular flexibility index (Phi) is 3.34. The number of nitrogens with zero attached hydrogens (tertiary/aromatic N) is 1. The van der Waals surface area contributed by atoms with Gasteiger partial charge in [-0.15, -0.1) is 0 Å². The number of phenols is 2. The number of amides is 1. The first-order valence-electron chi connectivity index (χ1n) is 7.02. The molecule has 0 spiro atoms. The quantitative estimate of drug-likeness (QED) is 0.448. The number of para-hydroxylation sites is 1. The van der Waals surface area contributed by atoms with Crippen LogP contribution in [0.3, 0.4) is 0 Å². The zero-order valence-corrected chi connectivity index (χ0v) is 11.1. The molecule has 1 amide bonds. The summed E-state index contributed by atoms with van der Waals surface area (Å²) >= 11 is 0. The summed E-state index contributed by atoms with van der Waals surface area (Å²) in [5.41, 5.74) is 2.91. The Morgan fingerprint density at radius 1 is 1.25 bits per heavy atom. The van der Waals surface area contributed by atoms with Gasteiger partial charge in [0.1, 0.15) is 0 Å². The minimum atomic E-state index is -0.231. The number of carbonyl (C=O) groups is 1. The van der Waals surface area contributed by atoms with Crippen molar-refractivity contribution in [1.82, 2.24) is 5.43 Å². The molecule has 0 aromatic heterocycles. The Bertz CT molecular complexity index is 544. The first-order valence-corrected chi connectivity index (χ1v) is 7.02. The van der Waals surface area contributed by atoms with Gasteiger partial charge in [0.05, 0.1) is 6.21 Å². The highest BCUT2D eigenvalue weighted by Crippen LogP contribution is 2.55. The topological polar surface area (TPSA) is 81.9 Å². The molecule has 0 heterocycles. The molecule has 0 aliphatic heterocycles. The van der Waals surface area contributed by atoms with Crippen LogP contribution in [0.25, 0.3) is 0 Å². The van der Waals surface area contributed by atoms with E-state index < -0.39 is 0 Å². The Morgan fingerprint density at radius 3 is 2.65 bits per heavy atom. The van der Waals surface area contributed by atoms with Crippen molar-refractivity contribution in [2.75, 3.05) is 0 Å². The van der Waals surface area contributed by atoms with Crippen LogP contribution < -0.4 is 5.43 Å². The molecule has 5 nitrogen and oxygen atoms in total. The van der Waals surface area contributed by atoms with E-state index in [0.29, 0.717) is 17.4 Å². The van der Waals surface area contributed by atoms with Gasteiger partial charge in [0.2, 0.25) is 5.91 Å². The van der Waals surface area contributed by atoms with Gasteiger partial charge in [-0.05, 0) is 36.8 Å². The van der Waals surface area contributed by atoms with Crippen LogP contribution in [0.4, 0.5) is 0 Å². The smallest absolute Gasteiger partial charge is 0.243 e. The maximum Gasteiger partial charge on any atom is 0.243 e. The molecular formula is C15H18N2O3. The molecule has 0 radical (unpaired) electrons. The number of phenolic OH excluding ortho intramolecular Hbond substituents is 2. The van der Waals surface area contributed by atoms with Crippen molar-refractivity contribution in [3.63, 3.8) is 0 Å². The molecule has 2 aliphatic carbocycles. The molecule has 20 heavy (non-hydrogen) atoms. The summed E-state index contributed by atoms with van der Waals surface area (Å²) in [7, 11) is 0. The average molecular weight is 274 g/mol. The maximum absolute atomic E-state index is 12.0. The van der Waals surface area contributed by atoms with E-state index in [1.165, 1.54) is 25.1 Å². The summed E-state index contributed by atoms with van der Waals surface area (Å²) in [5.74, 6) is 0.755. The second-order valence-corrected chi connectivity index (χ2v) is 5.59. The SMILES string of the molecule is O=C(N/N=C\c1cccc(O)c1O)C1[C@@H]2CCCC[C@@H]12. The largest absolute Gasteiger partial charge is 0.504 e. The molecule has 106 valence electrons. The Morgan fingerprint density at radius 2 is 1.95 bits per heavy atom. The first kappa shape index (κ1) is 13.0. The van der Waals surface area contributed by atoms with Crippen LogP contribution in [0.5, 0.6) is 11.5 Å². The zero-order valence-electron chi connectivity index (χ0n) is 11.1. The summed E-state index contributed by atoms with van der Waals surface area (Å²) in [5, 5.41) is 22.8. The Balaban J connectivity index is 1.58. The molecule has 3 N–H and O–H groups in total. The highest BCUT2D eigenvalue weighted by Gasteiger charge is 2.54. The van der Waals surface area contributed by atoms with Crippen LogP contribution in [-0.2, 0) is 4.79 Å². The molecule has 2 fully saturated rings. The van der Waals surface area contributed by atoms with E-state index >= 15 is 0 Å². The van der Waals surface area contributed by atoms with E-state index in [9.17, 15) is 15.0 Å². The van der Waals surface area contributed by atoms with Gasteiger partial charge in [0, 0.05) is 11.5 Å². The third-order valence-electron chi connectivity index (χ3n) is 4.38. The van der Waals surface area contributed by atoms with Gasteiger partial charge in [0.25, 0.3) is 0 Å². The molecule has 5 heteroatoms. The summed E-state index contributed by atoms with van der Waals surface area (Å²) < 4.78 is 0. The van der Waals surface area contributed by atoms with Crippen LogP contribution in [0.15, 0.2) is 23.3 Å². The fourth-order valence-electron chi connectivity index (χ4n) is 3.27. The van der Waals surface area contributed by atoms with Gasteiger partial charge in [-0.2, -0.15) is 5.10 Å². The van der Waals surface area contributed by atoms with Crippen LogP contribution in [0.2, 0.25) is 0 Å². The summed E-state index contributed by atoms with van der Waals surface area (Å²) in [4.78, 5) is 12.0. The van der Waals surface area contributed by atoms with Gasteiger partial charge >= 0.3 is 0 Å². The molecule has 1 aromatic rings. The molecule has 0 unspecified atom stereocenters. The van der Waals surface area contributed by atoms with Crippen LogP contribution in [0, 0.1) is 17.8 Å². The van der Waals surface area contributed by atoms with Crippen molar-refractivity contribution in [3.8, 4) is 11.5 Å². The van der Waals surface area contributed by atoms with E-state index in [-0.39, 0.29) is 23.3 Å². The molecule has 3 rings (SSSR count). The highest BCUT2D eigenvalue weighted by molar-refractivity contribution is 5.87. The molecule has 0 saturated heterocycles. The molecular weight excluding hydrogens is 256 g/mol. The number of hydrogen-bond donors (Lipinski definition) is 3. The van der Waals surface area contributed by atoms with E-state index in [1.807, 2.05) is 0 Å². The molecule has 2 atom stereocenters. The van der Waals surface area contributed by atoms with Gasteiger partial charge in [-0.1, -0.05) is 18.9 Å². The number of aromatic hydroxyl groups is 2. The predicted molar refractivity (Wildman–Crippen MR) is 74.4 cm³/mol. The van der Waals surface area contributed by atoms with Crippen LogP contribution >= 0.6 is 0 Å². The lowest BCUT2D eigenvalue weighted by Gasteiger charge is -2.04. The van der Waals surface area contributed by atoms with Crippen molar-refractivity contribution < 1.29 is 15.0 Å². The second kappa shape index (κ2) is 5.15. The molecule has 1 aromatic carbocycles. The van der Waals surface area contributed by atoms with E-state index in [4.69, 9.17) is 0 Å². The van der Waals surface area contributed by atoms with Gasteiger partial charge in [0.15, 0.2) is 11.5 Å². The molecule has 2 aliphatic rings. The fourth-order valence-corrected chi connectivity index (χ4v) is 3.27. The number of fused-ring (bicyclic) bond motifs is 1. The maximum atomic E-state index is 12.0. The first-order chi connectivity index (χ1) is 9.68. The summed E-state index contributed by atoms with van der Waals surface area (Å²) in [6, 6.07) is 4.61. The van der Waals surface area contributed by atoms with Gasteiger partial charge in [-0.3, -0.25) is 4.79 Å². The van der Waals surface area contributed by atoms with Crippen molar-refractivity contribution in [1.29, 1.82) is 0 Å². The van der Waals surface area contributed by atoms with E-state index in [1.54, 1.807) is 12.1 Å². The molecule has 0 bridgehead atoms. The lowest BCUT2D eigenvalue weighted by molar-refractivity contribution is -0.122. The minimum absolute atomic E-state index is 0.0298. The normalized spacial score (nSPS) is 28.1. The number of nitrogens with one attached hydrogen (secondary N) is 1. The average Bonchev–Trinajstić information content (AvgIpc) is 3.18. The molecule has 2 saturated carbocycles. The third kappa shape index (κ3) is 2.35. The summed E-state index contributed by atoms with van der Waals surface area (Å²) in [6.45, 7) is 0. The fraction of sp³-hybridized carbons (Fsp3) is 0.467. The van der Waals surface area contributed by atoms with Crippen molar-refractivity contribution >= 4 is 12.1 Å². The lowest BCUT2D eigenvalue weighted by atomic mass is 10.0. The monoisotopic (exact) mass is 274 g/mol. The Labute approximate surface area is 117 Å². The zero-order chi connectivity index (χ0) is 14.1. The number of carbonyl (C=O) groups excluding carboxylic acids is 1. The van der Waals surface area contributed by atoms with Gasteiger partial charge < -0.3 is 10.2 Å². The number of hydrogen-bond acceptors (Lipinski definition) is 4. The highest BCUT2D eigenvalue weighted by atomic mass is 16.3. The predicted octanol–water partition coefficient (Wildman–Crippen LogP) is 1.98. The Hall–Kier alpha value is -2.04. The van der Waals surface area contributed by atoms with E-state index in [2.05, 4.69) is 10.5 Å². The van der Waals surface area contributed by atoms with E-state index in [0.717, 1.165) is 12.8 Å². The standard InChI is InChI=1S/C15H18N2O3/c18-12-7-3-4-9(14(12)19)8-16-17-15(20)13-10-5-1-2-6-11(10)13/h3-4,7-8,10-11,13,18-19H,1-2,5-6H2,(H,17,20)/b16-8-/t10-,11-/m1/s1. The third-order valence-corrected chi connectivity index (χ3v) is 4.38. The van der Waals surface area contributed by atoms with Crippen molar-refractivity contribution in [2.45, 2.75) is 25.7 Å². The second-order valence-electron chi connectivity index (χ2n) is 5.59. The number of rotatable bonds is 3. The van der Waals surface area contributed by atoms with Crippen molar-refractivity contribution in [3.05, 3.63) is 23.8 Å². The van der Waals surface area contributed by atoms with Crippen LogP contribution in [0.1, 0.15) is 31.2 Å². The minimum Gasteiger partial charge on any atom is -0.504 e. The van der Waals surface area contributed by atoms with Crippen LogP contribution in [-0.4, -0.2) is 22.3 Å². The number of hydrazone groups is 1.